The van der Waals surface area contributed by atoms with E-state index in [0.717, 1.165) is 12.1 Å². The van der Waals surface area contributed by atoms with Crippen molar-refractivity contribution in [3.05, 3.63) is 38.3 Å². The molecule has 1 aromatic carbocycles. The topological polar surface area (TPSA) is 64.4 Å². The third-order valence-corrected chi connectivity index (χ3v) is 2.92. The van der Waals surface area contributed by atoms with E-state index in [-0.39, 0.29) is 5.69 Å². The first-order chi connectivity index (χ1) is 7.66. The van der Waals surface area contributed by atoms with Crippen molar-refractivity contribution in [1.29, 1.82) is 0 Å². The van der Waals surface area contributed by atoms with Crippen LogP contribution in [0.5, 0.6) is 0 Å². The second-order valence-corrected chi connectivity index (χ2v) is 3.96. The minimum Gasteiger partial charge on any atom is -0.375 e. The van der Waals surface area contributed by atoms with Crippen LogP contribution in [0.15, 0.2) is 22.7 Å². The quantitative estimate of drug-likeness (QED) is 0.495. The molecule has 6 heteroatoms. The van der Waals surface area contributed by atoms with Gasteiger partial charge in [0, 0.05) is 12.6 Å². The number of likely N-dealkylation sites (N-methyl/N-ethyl adjacent to an activating group) is 1. The fraction of sp³-hybridized carbons (Fsp3) is 0.400. The molecule has 0 bridgehead atoms. The average Bonchev–Trinajstić information content (AvgIpc) is 2.26. The number of ether oxygens (including phenoxy) is 1. The Balaban J connectivity index is 2.66. The SMILES string of the molecule is CNCCOCc1cccc([N+](=O)[O-])c1Br. The molecule has 0 aliphatic rings. The van der Waals surface area contributed by atoms with E-state index in [1.165, 1.54) is 6.07 Å². The monoisotopic (exact) mass is 288 g/mol. The van der Waals surface area contributed by atoms with Crippen LogP contribution >= 0.6 is 15.9 Å². The van der Waals surface area contributed by atoms with Crippen molar-refractivity contribution in [1.82, 2.24) is 5.32 Å². The standard InChI is InChI=1S/C10H13BrN2O3/c1-12-5-6-16-7-8-3-2-4-9(10(8)11)13(14)15/h2-4,12H,5-7H2,1H3. The zero-order valence-electron chi connectivity index (χ0n) is 8.90. The lowest BCUT2D eigenvalue weighted by Gasteiger charge is -2.06. The summed E-state index contributed by atoms with van der Waals surface area (Å²) in [7, 11) is 1.84. The molecule has 88 valence electrons. The van der Waals surface area contributed by atoms with Gasteiger partial charge >= 0.3 is 0 Å². The second kappa shape index (κ2) is 6.57. The molecule has 0 saturated carbocycles. The number of nitrogens with zero attached hydrogens (tertiary/aromatic N) is 1. The normalized spacial score (nSPS) is 10.4. The van der Waals surface area contributed by atoms with Gasteiger partial charge in [-0.2, -0.15) is 0 Å². The molecule has 0 saturated heterocycles. The van der Waals surface area contributed by atoms with Crippen LogP contribution in [0.1, 0.15) is 5.56 Å². The van der Waals surface area contributed by atoms with E-state index < -0.39 is 4.92 Å². The lowest BCUT2D eigenvalue weighted by atomic mass is 10.2. The number of benzene rings is 1. The van der Waals surface area contributed by atoms with E-state index >= 15 is 0 Å². The van der Waals surface area contributed by atoms with Crippen LogP contribution in [-0.4, -0.2) is 25.1 Å². The van der Waals surface area contributed by atoms with Crippen LogP contribution in [0.2, 0.25) is 0 Å². The third kappa shape index (κ3) is 3.55. The number of nitrogens with one attached hydrogen (secondary N) is 1. The zero-order chi connectivity index (χ0) is 12.0. The van der Waals surface area contributed by atoms with Gasteiger partial charge in [0.1, 0.15) is 4.47 Å². The molecule has 5 nitrogen and oxygen atoms in total. The number of halogens is 1. The molecular weight excluding hydrogens is 276 g/mol. The molecule has 0 aromatic heterocycles. The maximum absolute atomic E-state index is 10.7. The highest BCUT2D eigenvalue weighted by atomic mass is 79.9. The number of rotatable bonds is 6. The summed E-state index contributed by atoms with van der Waals surface area (Å²) < 4.78 is 5.85. The van der Waals surface area contributed by atoms with E-state index in [9.17, 15) is 10.1 Å². The van der Waals surface area contributed by atoms with Crippen molar-refractivity contribution in [2.24, 2.45) is 0 Å². The smallest absolute Gasteiger partial charge is 0.283 e. The predicted molar refractivity (Wildman–Crippen MR) is 64.4 cm³/mol. The first-order valence-corrected chi connectivity index (χ1v) is 5.60. The van der Waals surface area contributed by atoms with Crippen LogP contribution in [0.25, 0.3) is 0 Å². The molecule has 0 atom stereocenters. The largest absolute Gasteiger partial charge is 0.375 e. The van der Waals surface area contributed by atoms with Gasteiger partial charge in [0.25, 0.3) is 5.69 Å². The van der Waals surface area contributed by atoms with Gasteiger partial charge in [-0.05, 0) is 28.5 Å². The average molecular weight is 289 g/mol. The first kappa shape index (κ1) is 13.1. The maximum Gasteiger partial charge on any atom is 0.283 e. The maximum atomic E-state index is 10.7. The fourth-order valence-corrected chi connectivity index (χ4v) is 1.70. The van der Waals surface area contributed by atoms with Crippen molar-refractivity contribution >= 4 is 21.6 Å². The minimum atomic E-state index is -0.415. The van der Waals surface area contributed by atoms with Gasteiger partial charge in [-0.1, -0.05) is 12.1 Å². The molecule has 0 aliphatic heterocycles. The Kier molecular flexibility index (Phi) is 5.37. The summed E-state index contributed by atoms with van der Waals surface area (Å²) in [5.41, 5.74) is 0.847. The Morgan fingerprint density at radius 3 is 2.94 bits per heavy atom. The molecule has 0 radical (unpaired) electrons. The molecule has 0 heterocycles. The molecule has 0 amide bonds. The minimum absolute atomic E-state index is 0.0646. The number of hydrogen-bond acceptors (Lipinski definition) is 4. The zero-order valence-corrected chi connectivity index (χ0v) is 10.5. The van der Waals surface area contributed by atoms with Crippen molar-refractivity contribution in [3.8, 4) is 0 Å². The van der Waals surface area contributed by atoms with Crippen LogP contribution in [0, 0.1) is 10.1 Å². The highest BCUT2D eigenvalue weighted by Gasteiger charge is 2.14. The highest BCUT2D eigenvalue weighted by molar-refractivity contribution is 9.10. The molecule has 0 fully saturated rings. The summed E-state index contributed by atoms with van der Waals surface area (Å²) in [6.45, 7) is 1.70. The third-order valence-electron chi connectivity index (χ3n) is 2.01. The van der Waals surface area contributed by atoms with Crippen molar-refractivity contribution in [2.45, 2.75) is 6.61 Å². The van der Waals surface area contributed by atoms with E-state index in [4.69, 9.17) is 4.74 Å². The Bertz CT molecular complexity index is 371. The van der Waals surface area contributed by atoms with Crippen molar-refractivity contribution < 1.29 is 9.66 Å². The van der Waals surface area contributed by atoms with Gasteiger partial charge in [0.05, 0.1) is 18.1 Å². The lowest BCUT2D eigenvalue weighted by Crippen LogP contribution is -2.14. The van der Waals surface area contributed by atoms with Crippen LogP contribution in [0.4, 0.5) is 5.69 Å². The van der Waals surface area contributed by atoms with E-state index in [1.807, 2.05) is 7.05 Å². The summed E-state index contributed by atoms with van der Waals surface area (Å²) in [5.74, 6) is 0. The molecular formula is C10H13BrN2O3. The van der Waals surface area contributed by atoms with E-state index in [1.54, 1.807) is 12.1 Å². The van der Waals surface area contributed by atoms with Crippen molar-refractivity contribution in [2.75, 3.05) is 20.2 Å². The summed E-state index contributed by atoms with van der Waals surface area (Å²) in [6, 6.07) is 4.91. The Hall–Kier alpha value is -0.980. The number of hydrogen-bond donors (Lipinski definition) is 1. The van der Waals surface area contributed by atoms with E-state index in [0.29, 0.717) is 17.7 Å². The second-order valence-electron chi connectivity index (χ2n) is 3.16. The Morgan fingerprint density at radius 1 is 1.56 bits per heavy atom. The summed E-state index contributed by atoms with van der Waals surface area (Å²) >= 11 is 3.21. The van der Waals surface area contributed by atoms with Gasteiger partial charge in [-0.25, -0.2) is 0 Å². The first-order valence-electron chi connectivity index (χ1n) is 4.81. The van der Waals surface area contributed by atoms with Gasteiger partial charge in [0.15, 0.2) is 0 Å². The van der Waals surface area contributed by atoms with Gasteiger partial charge in [0.2, 0.25) is 0 Å². The Labute approximate surface area is 102 Å². The van der Waals surface area contributed by atoms with E-state index in [2.05, 4.69) is 21.2 Å². The number of nitro benzene ring substituents is 1. The molecule has 0 aliphatic carbocycles. The highest BCUT2D eigenvalue weighted by Crippen LogP contribution is 2.28. The molecule has 1 rings (SSSR count). The summed E-state index contributed by atoms with van der Waals surface area (Å²) in [5, 5.41) is 13.6. The molecule has 0 spiro atoms. The predicted octanol–water partition coefficient (Wildman–Crippen LogP) is 2.09. The molecule has 16 heavy (non-hydrogen) atoms. The molecule has 0 unspecified atom stereocenters. The van der Waals surface area contributed by atoms with Crippen molar-refractivity contribution in [3.63, 3.8) is 0 Å². The molecule has 1 N–H and O–H groups in total. The van der Waals surface area contributed by atoms with Gasteiger partial charge < -0.3 is 10.1 Å². The summed E-state index contributed by atoms with van der Waals surface area (Å²) in [4.78, 5) is 10.3. The van der Waals surface area contributed by atoms with Gasteiger partial charge in [-0.3, -0.25) is 10.1 Å². The number of nitro groups is 1. The molecule has 1 aromatic rings. The van der Waals surface area contributed by atoms with Crippen LogP contribution in [-0.2, 0) is 11.3 Å². The van der Waals surface area contributed by atoms with Crippen LogP contribution in [0.3, 0.4) is 0 Å². The Morgan fingerprint density at radius 2 is 2.31 bits per heavy atom. The lowest BCUT2D eigenvalue weighted by molar-refractivity contribution is -0.385. The summed E-state index contributed by atoms with van der Waals surface area (Å²) in [6.07, 6.45) is 0. The van der Waals surface area contributed by atoms with Gasteiger partial charge in [-0.15, -0.1) is 0 Å². The fourth-order valence-electron chi connectivity index (χ4n) is 1.18. The van der Waals surface area contributed by atoms with Crippen LogP contribution < -0.4 is 5.32 Å².